The van der Waals surface area contributed by atoms with Crippen LogP contribution in [0.25, 0.3) is 0 Å². The Hall–Kier alpha value is -1.25. The van der Waals surface area contributed by atoms with Crippen LogP contribution in [-0.4, -0.2) is 17.0 Å². The van der Waals surface area contributed by atoms with Crippen molar-refractivity contribution in [3.63, 3.8) is 0 Å². The predicted molar refractivity (Wildman–Crippen MR) is 97.0 cm³/mol. The Morgan fingerprint density at radius 3 is 2.35 bits per heavy atom. The van der Waals surface area contributed by atoms with Crippen LogP contribution in [0.2, 0.25) is 0 Å². The Balaban J connectivity index is 1.83. The molecule has 2 aromatic carbocycles. The van der Waals surface area contributed by atoms with Crippen LogP contribution in [-0.2, 0) is 0 Å². The Kier molecular flexibility index (Phi) is 4.21. The van der Waals surface area contributed by atoms with Crippen molar-refractivity contribution < 1.29 is 5.11 Å². The summed E-state index contributed by atoms with van der Waals surface area (Å²) in [6.07, 6.45) is 5.88. The molecule has 1 heterocycles. The van der Waals surface area contributed by atoms with E-state index in [1.807, 2.05) is 11.8 Å². The van der Waals surface area contributed by atoms with Crippen LogP contribution in [0.1, 0.15) is 49.1 Å². The van der Waals surface area contributed by atoms with Crippen molar-refractivity contribution in [3.8, 4) is 0 Å². The zero-order chi connectivity index (χ0) is 15.7. The summed E-state index contributed by atoms with van der Waals surface area (Å²) in [5.41, 5.74) is 2.63. The zero-order valence-corrected chi connectivity index (χ0v) is 14.3. The highest BCUT2D eigenvalue weighted by molar-refractivity contribution is 7.99. The zero-order valence-electron chi connectivity index (χ0n) is 13.4. The SMILES string of the molecule is O[C@@H]1[C@H](c2ccccc2)c2ccccc2SCC12CCCCC2. The summed E-state index contributed by atoms with van der Waals surface area (Å²) < 4.78 is 0. The second kappa shape index (κ2) is 6.33. The number of benzene rings is 2. The van der Waals surface area contributed by atoms with Crippen LogP contribution in [0.5, 0.6) is 0 Å². The second-order valence-corrected chi connectivity index (χ2v) is 8.10. The van der Waals surface area contributed by atoms with Gasteiger partial charge < -0.3 is 5.11 Å². The van der Waals surface area contributed by atoms with E-state index in [0.717, 1.165) is 5.75 Å². The molecule has 23 heavy (non-hydrogen) atoms. The maximum atomic E-state index is 11.5. The largest absolute Gasteiger partial charge is 0.392 e. The summed E-state index contributed by atoms with van der Waals surface area (Å²) >= 11 is 1.96. The summed E-state index contributed by atoms with van der Waals surface area (Å²) in [6.45, 7) is 0. The van der Waals surface area contributed by atoms with Gasteiger partial charge in [0.2, 0.25) is 0 Å². The van der Waals surface area contributed by atoms with E-state index in [1.165, 1.54) is 48.1 Å². The lowest BCUT2D eigenvalue weighted by molar-refractivity contribution is 0.00326. The van der Waals surface area contributed by atoms with Crippen molar-refractivity contribution in [3.05, 3.63) is 65.7 Å². The first-order valence-electron chi connectivity index (χ1n) is 8.75. The van der Waals surface area contributed by atoms with Crippen LogP contribution >= 0.6 is 11.8 Å². The highest BCUT2D eigenvalue weighted by Gasteiger charge is 2.46. The van der Waals surface area contributed by atoms with Gasteiger partial charge in [-0.25, -0.2) is 0 Å². The van der Waals surface area contributed by atoms with Crippen molar-refractivity contribution in [2.75, 3.05) is 5.75 Å². The molecule has 2 heteroatoms. The molecule has 0 saturated heterocycles. The number of fused-ring (bicyclic) bond motifs is 1. The lowest BCUT2D eigenvalue weighted by Crippen LogP contribution is -2.42. The molecule has 1 N–H and O–H groups in total. The minimum atomic E-state index is -0.290. The minimum absolute atomic E-state index is 0.0719. The van der Waals surface area contributed by atoms with Crippen LogP contribution in [0.4, 0.5) is 0 Å². The molecule has 2 atom stereocenters. The van der Waals surface area contributed by atoms with E-state index in [-0.39, 0.29) is 17.4 Å². The fourth-order valence-corrected chi connectivity index (χ4v) is 5.86. The van der Waals surface area contributed by atoms with Crippen LogP contribution in [0, 0.1) is 5.41 Å². The Morgan fingerprint density at radius 1 is 0.870 bits per heavy atom. The molecule has 2 aromatic rings. The monoisotopic (exact) mass is 324 g/mol. The molecule has 0 unspecified atom stereocenters. The Labute approximate surface area is 143 Å². The maximum absolute atomic E-state index is 11.5. The molecular formula is C21H24OS. The Morgan fingerprint density at radius 2 is 1.57 bits per heavy atom. The third-order valence-electron chi connectivity index (χ3n) is 5.72. The van der Waals surface area contributed by atoms with Gasteiger partial charge in [0.15, 0.2) is 0 Å². The first-order chi connectivity index (χ1) is 11.3. The third-order valence-corrected chi connectivity index (χ3v) is 7.12. The van der Waals surface area contributed by atoms with Gasteiger partial charge in [0.05, 0.1) is 6.10 Å². The smallest absolute Gasteiger partial charge is 0.0713 e. The average molecular weight is 324 g/mol. The molecule has 1 spiro atoms. The topological polar surface area (TPSA) is 20.2 Å². The highest BCUT2D eigenvalue weighted by Crippen LogP contribution is 2.52. The van der Waals surface area contributed by atoms with Crippen molar-refractivity contribution in [2.24, 2.45) is 5.41 Å². The van der Waals surface area contributed by atoms with Gasteiger partial charge in [0.1, 0.15) is 0 Å². The van der Waals surface area contributed by atoms with Crippen LogP contribution in [0.3, 0.4) is 0 Å². The van der Waals surface area contributed by atoms with Crippen molar-refractivity contribution in [2.45, 2.75) is 49.0 Å². The van der Waals surface area contributed by atoms with E-state index >= 15 is 0 Å². The van der Waals surface area contributed by atoms with Gasteiger partial charge in [-0.1, -0.05) is 67.8 Å². The minimum Gasteiger partial charge on any atom is -0.392 e. The molecule has 1 fully saturated rings. The number of aliphatic hydroxyl groups is 1. The van der Waals surface area contributed by atoms with Crippen LogP contribution in [0.15, 0.2) is 59.5 Å². The van der Waals surface area contributed by atoms with Gasteiger partial charge in [0, 0.05) is 22.0 Å². The summed E-state index contributed by atoms with van der Waals surface area (Å²) in [5, 5.41) is 11.5. The molecule has 120 valence electrons. The summed E-state index contributed by atoms with van der Waals surface area (Å²) in [7, 11) is 0. The molecule has 0 aromatic heterocycles. The molecule has 1 saturated carbocycles. The van der Waals surface area contributed by atoms with Gasteiger partial charge in [-0.15, -0.1) is 11.8 Å². The van der Waals surface area contributed by atoms with E-state index in [2.05, 4.69) is 54.6 Å². The molecular weight excluding hydrogens is 300 g/mol. The van der Waals surface area contributed by atoms with Gasteiger partial charge >= 0.3 is 0 Å². The van der Waals surface area contributed by atoms with Crippen molar-refractivity contribution in [1.82, 2.24) is 0 Å². The van der Waals surface area contributed by atoms with Gasteiger partial charge in [0.25, 0.3) is 0 Å². The summed E-state index contributed by atoms with van der Waals surface area (Å²) in [4.78, 5) is 1.35. The molecule has 0 bridgehead atoms. The van der Waals surface area contributed by atoms with Gasteiger partial charge in [-0.05, 0) is 30.0 Å². The lowest BCUT2D eigenvalue weighted by atomic mass is 9.66. The number of hydrogen-bond acceptors (Lipinski definition) is 2. The number of thioether (sulfide) groups is 1. The molecule has 1 nitrogen and oxygen atoms in total. The van der Waals surface area contributed by atoms with E-state index in [1.54, 1.807) is 0 Å². The number of aliphatic hydroxyl groups excluding tert-OH is 1. The first kappa shape index (κ1) is 15.3. The van der Waals surface area contributed by atoms with Gasteiger partial charge in [-0.3, -0.25) is 0 Å². The van der Waals surface area contributed by atoms with E-state index in [4.69, 9.17) is 0 Å². The van der Waals surface area contributed by atoms with Crippen LogP contribution < -0.4 is 0 Å². The fraction of sp³-hybridized carbons (Fsp3) is 0.429. The molecule has 0 amide bonds. The van der Waals surface area contributed by atoms with E-state index in [9.17, 15) is 5.11 Å². The molecule has 1 aliphatic heterocycles. The standard InChI is InChI=1S/C21H24OS/c22-20-19(16-9-3-1-4-10-16)17-11-5-6-12-18(17)23-15-21(20)13-7-2-8-14-21/h1,3-6,9-12,19-20,22H,2,7-8,13-15H2/t19-,20-/m1/s1. The summed E-state index contributed by atoms with van der Waals surface area (Å²) in [5.74, 6) is 1.15. The molecule has 0 radical (unpaired) electrons. The lowest BCUT2D eigenvalue weighted by Gasteiger charge is -2.42. The normalized spacial score (nSPS) is 26.5. The number of hydrogen-bond donors (Lipinski definition) is 1. The van der Waals surface area contributed by atoms with Crippen molar-refractivity contribution in [1.29, 1.82) is 0 Å². The van der Waals surface area contributed by atoms with Crippen molar-refractivity contribution >= 4 is 11.8 Å². The Bertz CT molecular complexity index is 661. The highest BCUT2D eigenvalue weighted by atomic mass is 32.2. The fourth-order valence-electron chi connectivity index (χ4n) is 4.42. The molecule has 4 rings (SSSR count). The molecule has 2 aliphatic rings. The average Bonchev–Trinajstić information content (AvgIpc) is 2.73. The first-order valence-corrected chi connectivity index (χ1v) is 9.73. The predicted octanol–water partition coefficient (Wildman–Crippen LogP) is 5.24. The van der Waals surface area contributed by atoms with E-state index in [0.29, 0.717) is 0 Å². The third kappa shape index (κ3) is 2.72. The number of rotatable bonds is 1. The quantitative estimate of drug-likeness (QED) is 0.774. The summed E-state index contributed by atoms with van der Waals surface area (Å²) in [6, 6.07) is 19.3. The maximum Gasteiger partial charge on any atom is 0.0713 e. The second-order valence-electron chi connectivity index (χ2n) is 7.08. The van der Waals surface area contributed by atoms with Gasteiger partial charge in [-0.2, -0.15) is 0 Å². The van der Waals surface area contributed by atoms with E-state index < -0.39 is 0 Å². The molecule has 1 aliphatic carbocycles.